The molecule has 10 heteroatoms. The van der Waals surface area contributed by atoms with Crippen molar-refractivity contribution >= 4 is 29.4 Å². The van der Waals surface area contributed by atoms with Crippen molar-refractivity contribution in [3.63, 3.8) is 0 Å². The van der Waals surface area contributed by atoms with Crippen LogP contribution in [0.5, 0.6) is 5.88 Å². The quantitative estimate of drug-likeness (QED) is 0.365. The van der Waals surface area contributed by atoms with Gasteiger partial charge in [0.05, 0.1) is 6.04 Å². The van der Waals surface area contributed by atoms with Gasteiger partial charge in [-0.15, -0.1) is 0 Å². The molecule has 1 aromatic carbocycles. The summed E-state index contributed by atoms with van der Waals surface area (Å²) in [6.07, 6.45) is 5.48. The first-order valence-corrected chi connectivity index (χ1v) is 14.9. The van der Waals surface area contributed by atoms with Gasteiger partial charge in [0.1, 0.15) is 17.5 Å². The van der Waals surface area contributed by atoms with Gasteiger partial charge in [0.25, 0.3) is 0 Å². The van der Waals surface area contributed by atoms with E-state index in [2.05, 4.69) is 50.8 Å². The maximum atomic E-state index is 12.2. The molecule has 0 bridgehead atoms. The number of ether oxygens (including phenoxy) is 1. The molecule has 3 saturated heterocycles. The number of rotatable bonds is 9. The van der Waals surface area contributed by atoms with Gasteiger partial charge in [-0.1, -0.05) is 13.5 Å². The molecule has 2 aromatic rings. The van der Waals surface area contributed by atoms with E-state index >= 15 is 0 Å². The highest BCUT2D eigenvalue weighted by Crippen LogP contribution is 2.29. The van der Waals surface area contributed by atoms with Gasteiger partial charge in [0.2, 0.25) is 11.8 Å². The van der Waals surface area contributed by atoms with Crippen molar-refractivity contribution in [2.45, 2.75) is 57.7 Å². The van der Waals surface area contributed by atoms with E-state index in [1.807, 2.05) is 26.0 Å². The fourth-order valence-electron chi connectivity index (χ4n) is 6.18. The Labute approximate surface area is 243 Å². The van der Waals surface area contributed by atoms with Gasteiger partial charge in [-0.3, -0.25) is 14.5 Å². The summed E-state index contributed by atoms with van der Waals surface area (Å²) in [5.74, 6) is 0.648. The minimum Gasteiger partial charge on any atom is -0.471 e. The minimum atomic E-state index is -0.215. The lowest BCUT2D eigenvalue weighted by Crippen LogP contribution is -2.52. The third-order valence-electron chi connectivity index (χ3n) is 8.82. The van der Waals surface area contributed by atoms with E-state index in [-0.39, 0.29) is 23.7 Å². The zero-order chi connectivity index (χ0) is 28.9. The second-order valence-corrected chi connectivity index (χ2v) is 11.3. The Bertz CT molecular complexity index is 1220. The van der Waals surface area contributed by atoms with E-state index in [1.54, 1.807) is 4.90 Å². The predicted molar refractivity (Wildman–Crippen MR) is 161 cm³/mol. The molecule has 41 heavy (non-hydrogen) atoms. The van der Waals surface area contributed by atoms with Crippen LogP contribution in [0.2, 0.25) is 0 Å². The molecule has 5 rings (SSSR count). The monoisotopic (exact) mass is 561 g/mol. The summed E-state index contributed by atoms with van der Waals surface area (Å²) in [5.41, 5.74) is 2.89. The third-order valence-corrected chi connectivity index (χ3v) is 8.82. The van der Waals surface area contributed by atoms with E-state index in [1.165, 1.54) is 37.7 Å². The summed E-state index contributed by atoms with van der Waals surface area (Å²) in [4.78, 5) is 42.6. The number of nitrogens with zero attached hydrogens (tertiary/aromatic N) is 6. The zero-order valence-electron chi connectivity index (χ0n) is 24.6. The maximum Gasteiger partial charge on any atom is 0.246 e. The molecule has 0 radical (unpaired) electrons. The molecule has 3 aliphatic heterocycles. The fourth-order valence-corrected chi connectivity index (χ4v) is 6.18. The SMILES string of the molecule is C=CC(=O)N1CCC(Oc2nc(Nc3ccc(N4CCC(N5CCN(C)CC5)CC4)cc3)c(C=O)nc2CC)[C@H]1C. The number of aryl methyl sites for hydroxylation is 1. The number of likely N-dealkylation sites (N-methyl/N-ethyl adjacent to an activating group) is 1. The Kier molecular flexibility index (Phi) is 9.19. The van der Waals surface area contributed by atoms with Crippen molar-refractivity contribution < 1.29 is 14.3 Å². The molecule has 10 nitrogen and oxygen atoms in total. The lowest BCUT2D eigenvalue weighted by atomic mass is 10.0. The molecule has 220 valence electrons. The Morgan fingerprint density at radius 2 is 1.76 bits per heavy atom. The molecule has 4 heterocycles. The summed E-state index contributed by atoms with van der Waals surface area (Å²) >= 11 is 0. The van der Waals surface area contributed by atoms with Crippen LogP contribution in [0.3, 0.4) is 0 Å². The van der Waals surface area contributed by atoms with Gasteiger partial charge >= 0.3 is 0 Å². The van der Waals surface area contributed by atoms with Crippen molar-refractivity contribution in [3.8, 4) is 5.88 Å². The van der Waals surface area contributed by atoms with Crippen molar-refractivity contribution in [1.82, 2.24) is 24.7 Å². The second kappa shape index (κ2) is 13.0. The molecule has 1 N–H and O–H groups in total. The van der Waals surface area contributed by atoms with Gasteiger partial charge in [-0.25, -0.2) is 4.98 Å². The van der Waals surface area contributed by atoms with E-state index in [0.717, 1.165) is 38.2 Å². The fraction of sp³-hybridized carbons (Fsp3) is 0.548. The minimum absolute atomic E-state index is 0.105. The highest BCUT2D eigenvalue weighted by atomic mass is 16.5. The number of nitrogens with one attached hydrogen (secondary N) is 1. The average Bonchev–Trinajstić information content (AvgIpc) is 3.37. The number of likely N-dealkylation sites (tertiary alicyclic amines) is 1. The van der Waals surface area contributed by atoms with Gasteiger partial charge in [-0.05, 0) is 63.6 Å². The Morgan fingerprint density at radius 3 is 2.39 bits per heavy atom. The van der Waals surface area contributed by atoms with Crippen LogP contribution >= 0.6 is 0 Å². The average molecular weight is 562 g/mol. The normalized spacial score (nSPS) is 22.5. The van der Waals surface area contributed by atoms with E-state index in [0.29, 0.717) is 42.8 Å². The van der Waals surface area contributed by atoms with Crippen molar-refractivity contribution in [1.29, 1.82) is 0 Å². The highest BCUT2D eigenvalue weighted by Gasteiger charge is 2.35. The largest absolute Gasteiger partial charge is 0.471 e. The molecule has 2 atom stereocenters. The molecule has 3 aliphatic rings. The van der Waals surface area contributed by atoms with Crippen LogP contribution in [0.1, 0.15) is 49.3 Å². The van der Waals surface area contributed by atoms with Gasteiger partial charge in [0, 0.05) is 69.7 Å². The number of piperazine rings is 1. The van der Waals surface area contributed by atoms with Gasteiger partial charge < -0.3 is 24.8 Å². The summed E-state index contributed by atoms with van der Waals surface area (Å²) in [5, 5.41) is 3.28. The summed E-state index contributed by atoms with van der Waals surface area (Å²) in [6, 6.07) is 8.84. The topological polar surface area (TPSA) is 94.1 Å². The van der Waals surface area contributed by atoms with Crippen LogP contribution < -0.4 is 15.0 Å². The summed E-state index contributed by atoms with van der Waals surface area (Å²) < 4.78 is 6.30. The molecular formula is C31H43N7O3. The Hall–Kier alpha value is -3.50. The lowest BCUT2D eigenvalue weighted by Gasteiger charge is -2.42. The van der Waals surface area contributed by atoms with E-state index in [9.17, 15) is 9.59 Å². The standard InChI is InChI=1S/C31H43N7O3/c1-5-26-31(41-28-13-16-38(22(28)3)29(40)6-2)34-30(27(21-39)33-26)32-23-7-9-24(10-8-23)36-14-11-25(12-15-36)37-19-17-35(4)18-20-37/h6-10,21-22,25,28H,2,5,11-20H2,1,3-4H3,(H,32,34)/t22-,28?/m1/s1. The number of hydrogen-bond donors (Lipinski definition) is 1. The molecule has 0 saturated carbocycles. The lowest BCUT2D eigenvalue weighted by molar-refractivity contribution is -0.127. The number of carbonyl (C=O) groups excluding carboxylic acids is 2. The van der Waals surface area contributed by atoms with Crippen molar-refractivity contribution in [3.05, 3.63) is 48.3 Å². The Morgan fingerprint density at radius 1 is 1.05 bits per heavy atom. The highest BCUT2D eigenvalue weighted by molar-refractivity contribution is 5.87. The number of benzene rings is 1. The smallest absolute Gasteiger partial charge is 0.246 e. The first-order chi connectivity index (χ1) is 19.9. The first-order valence-electron chi connectivity index (χ1n) is 14.9. The first kappa shape index (κ1) is 29.0. The van der Waals surface area contributed by atoms with Crippen LogP contribution in [-0.4, -0.2) is 108 Å². The number of carbonyl (C=O) groups is 2. The molecule has 0 spiro atoms. The van der Waals surface area contributed by atoms with Crippen molar-refractivity contribution in [2.75, 3.05) is 63.1 Å². The number of amides is 1. The molecule has 1 aromatic heterocycles. The number of aldehydes is 1. The zero-order valence-corrected chi connectivity index (χ0v) is 24.6. The van der Waals surface area contributed by atoms with E-state index in [4.69, 9.17) is 9.72 Å². The number of hydrogen-bond acceptors (Lipinski definition) is 9. The maximum absolute atomic E-state index is 12.2. The Balaban J connectivity index is 1.23. The van der Waals surface area contributed by atoms with Crippen molar-refractivity contribution in [2.24, 2.45) is 0 Å². The summed E-state index contributed by atoms with van der Waals surface area (Å²) in [6.45, 7) is 14.9. The predicted octanol–water partition coefficient (Wildman–Crippen LogP) is 3.37. The van der Waals surface area contributed by atoms with Crippen LogP contribution in [0.4, 0.5) is 17.2 Å². The number of anilines is 3. The van der Waals surface area contributed by atoms with Crippen LogP contribution in [0.25, 0.3) is 0 Å². The van der Waals surface area contributed by atoms with Crippen LogP contribution in [0.15, 0.2) is 36.9 Å². The van der Waals surface area contributed by atoms with E-state index < -0.39 is 0 Å². The number of aromatic nitrogens is 2. The van der Waals surface area contributed by atoms with Gasteiger partial charge in [-0.2, -0.15) is 4.98 Å². The van der Waals surface area contributed by atoms with Crippen LogP contribution in [0, 0.1) is 0 Å². The second-order valence-electron chi connectivity index (χ2n) is 11.3. The molecule has 3 fully saturated rings. The molecule has 0 aliphatic carbocycles. The molecular weight excluding hydrogens is 518 g/mol. The third kappa shape index (κ3) is 6.54. The summed E-state index contributed by atoms with van der Waals surface area (Å²) in [7, 11) is 2.21. The molecule has 1 amide bonds. The van der Waals surface area contributed by atoms with Crippen LogP contribution in [-0.2, 0) is 11.2 Å². The van der Waals surface area contributed by atoms with Gasteiger partial charge in [0.15, 0.2) is 12.1 Å². The number of piperidine rings is 1. The molecule has 1 unspecified atom stereocenters.